The number of aromatic nitrogens is 4. The Morgan fingerprint density at radius 1 is 1.16 bits per heavy atom. The second kappa shape index (κ2) is 6.33. The fourth-order valence-corrected chi connectivity index (χ4v) is 2.46. The predicted octanol–water partition coefficient (Wildman–Crippen LogP) is 2.87. The molecule has 3 aromatic heterocycles. The molecule has 0 aliphatic rings. The van der Waals surface area contributed by atoms with E-state index < -0.39 is 5.82 Å². The average molecular weight is 340 g/mol. The summed E-state index contributed by atoms with van der Waals surface area (Å²) in [5, 5.41) is 12.9. The van der Waals surface area contributed by atoms with Crippen LogP contribution in [0.5, 0.6) is 0 Å². The summed E-state index contributed by atoms with van der Waals surface area (Å²) in [6.45, 7) is 0.0717. The molecule has 8 heteroatoms. The van der Waals surface area contributed by atoms with Gasteiger partial charge in [0.05, 0.1) is 5.56 Å². The normalized spacial score (nSPS) is 11.1. The van der Waals surface area contributed by atoms with Gasteiger partial charge in [-0.15, -0.1) is 0 Å². The van der Waals surface area contributed by atoms with Gasteiger partial charge in [-0.1, -0.05) is 17.3 Å². The lowest BCUT2D eigenvalue weighted by Crippen LogP contribution is -2.01. The van der Waals surface area contributed by atoms with Crippen LogP contribution in [0.25, 0.3) is 23.0 Å². The first kappa shape index (κ1) is 15.3. The van der Waals surface area contributed by atoms with Gasteiger partial charge in [0.25, 0.3) is 0 Å². The molecule has 0 atom stereocenters. The number of aliphatic hydroxyl groups excluding tert-OH is 1. The summed E-state index contributed by atoms with van der Waals surface area (Å²) in [7, 11) is 0. The van der Waals surface area contributed by atoms with Crippen molar-refractivity contribution in [2.75, 3.05) is 0 Å². The highest BCUT2D eigenvalue weighted by atomic mass is 19.1. The highest BCUT2D eigenvalue weighted by Crippen LogP contribution is 2.23. The monoisotopic (exact) mass is 340 g/mol. The van der Waals surface area contributed by atoms with Crippen LogP contribution < -0.4 is 0 Å². The molecule has 126 valence electrons. The first-order chi connectivity index (χ1) is 12.2. The molecular weight excluding hydrogens is 327 g/mol. The maximum absolute atomic E-state index is 13.8. The van der Waals surface area contributed by atoms with Crippen LogP contribution in [-0.4, -0.2) is 24.8 Å². The van der Waals surface area contributed by atoms with Gasteiger partial charge in [-0.05, 0) is 24.3 Å². The zero-order valence-electron chi connectivity index (χ0n) is 13.0. The lowest BCUT2D eigenvalue weighted by atomic mass is 10.2. The summed E-state index contributed by atoms with van der Waals surface area (Å²) in [6.07, 6.45) is 3.36. The Morgan fingerprint density at radius 2 is 2.04 bits per heavy atom. The molecule has 0 saturated heterocycles. The van der Waals surface area contributed by atoms with E-state index in [1.165, 1.54) is 6.07 Å². The number of imidazole rings is 1. The molecule has 0 fully saturated rings. The van der Waals surface area contributed by atoms with Crippen LogP contribution in [0.3, 0.4) is 0 Å². The van der Waals surface area contributed by atoms with Crippen molar-refractivity contribution in [2.24, 2.45) is 0 Å². The van der Waals surface area contributed by atoms with Crippen molar-refractivity contribution in [3.05, 3.63) is 66.3 Å². The van der Waals surface area contributed by atoms with Crippen LogP contribution in [0.15, 0.2) is 57.7 Å². The maximum Gasteiger partial charge on any atom is 0.246 e. The minimum absolute atomic E-state index is 0.184. The lowest BCUT2D eigenvalue weighted by Gasteiger charge is -2.02. The number of benzene rings is 1. The number of rotatable bonds is 5. The number of hydrogen-bond acceptors (Lipinski definition) is 6. The fraction of sp³-hybridized carbons (Fsp3) is 0.118. The van der Waals surface area contributed by atoms with Gasteiger partial charge in [0.15, 0.2) is 11.6 Å². The Balaban J connectivity index is 1.60. The number of halogens is 1. The summed E-state index contributed by atoms with van der Waals surface area (Å²) >= 11 is 0. The Kier molecular flexibility index (Phi) is 3.87. The van der Waals surface area contributed by atoms with Crippen LogP contribution >= 0.6 is 0 Å². The van der Waals surface area contributed by atoms with Crippen molar-refractivity contribution in [1.29, 1.82) is 0 Å². The first-order valence-corrected chi connectivity index (χ1v) is 7.53. The van der Waals surface area contributed by atoms with Crippen LogP contribution in [0, 0.1) is 5.82 Å². The van der Waals surface area contributed by atoms with Crippen molar-refractivity contribution in [1.82, 2.24) is 19.7 Å². The van der Waals surface area contributed by atoms with E-state index in [9.17, 15) is 4.39 Å². The van der Waals surface area contributed by atoms with Crippen LogP contribution in [0.2, 0.25) is 0 Å². The molecule has 0 amide bonds. The minimum Gasteiger partial charge on any atom is -0.455 e. The van der Waals surface area contributed by atoms with Crippen molar-refractivity contribution >= 4 is 0 Å². The largest absolute Gasteiger partial charge is 0.455 e. The molecule has 1 N–H and O–H groups in total. The maximum atomic E-state index is 13.8. The minimum atomic E-state index is -0.412. The van der Waals surface area contributed by atoms with Crippen molar-refractivity contribution in [2.45, 2.75) is 13.2 Å². The van der Waals surface area contributed by atoms with Gasteiger partial charge >= 0.3 is 0 Å². The first-order valence-electron chi connectivity index (χ1n) is 7.53. The molecule has 0 bridgehead atoms. The quantitative estimate of drug-likeness (QED) is 0.601. The van der Waals surface area contributed by atoms with Crippen LogP contribution in [0.4, 0.5) is 4.39 Å². The Bertz CT molecular complexity index is 1000. The van der Waals surface area contributed by atoms with Crippen molar-refractivity contribution in [3.8, 4) is 23.0 Å². The zero-order chi connectivity index (χ0) is 17.2. The van der Waals surface area contributed by atoms with E-state index in [1.54, 1.807) is 47.3 Å². The van der Waals surface area contributed by atoms with E-state index in [-0.39, 0.29) is 24.5 Å². The molecule has 0 aliphatic heterocycles. The van der Waals surface area contributed by atoms with Gasteiger partial charge in [0, 0.05) is 12.4 Å². The van der Waals surface area contributed by atoms with Gasteiger partial charge in [0.1, 0.15) is 24.7 Å². The fourth-order valence-electron chi connectivity index (χ4n) is 2.46. The Morgan fingerprint density at radius 3 is 2.84 bits per heavy atom. The van der Waals surface area contributed by atoms with Gasteiger partial charge in [-0.25, -0.2) is 9.37 Å². The van der Waals surface area contributed by atoms with E-state index >= 15 is 0 Å². The highest BCUT2D eigenvalue weighted by Gasteiger charge is 2.16. The molecular formula is C17H13FN4O3. The van der Waals surface area contributed by atoms with Crippen molar-refractivity contribution in [3.63, 3.8) is 0 Å². The van der Waals surface area contributed by atoms with Crippen LogP contribution in [-0.2, 0) is 13.2 Å². The summed E-state index contributed by atoms with van der Waals surface area (Å²) < 4.78 is 26.3. The van der Waals surface area contributed by atoms with Gasteiger partial charge < -0.3 is 18.6 Å². The molecule has 0 unspecified atom stereocenters. The number of nitrogens with zero attached hydrogens (tertiary/aromatic N) is 4. The highest BCUT2D eigenvalue weighted by molar-refractivity contribution is 5.54. The average Bonchev–Trinajstić information content (AvgIpc) is 3.35. The van der Waals surface area contributed by atoms with Crippen molar-refractivity contribution < 1.29 is 18.4 Å². The van der Waals surface area contributed by atoms with E-state index in [4.69, 9.17) is 14.0 Å². The SMILES string of the molecule is OCc1ccc(-c2nccn2Cc2nc(-c3ccccc3F)no2)o1. The molecule has 0 aliphatic carbocycles. The number of furan rings is 1. The van der Waals surface area contributed by atoms with Gasteiger partial charge in [0.2, 0.25) is 11.7 Å². The number of aliphatic hydroxyl groups is 1. The molecule has 4 aromatic rings. The Labute approximate surface area is 141 Å². The molecule has 25 heavy (non-hydrogen) atoms. The molecule has 3 heterocycles. The summed E-state index contributed by atoms with van der Waals surface area (Å²) in [5.74, 6) is 1.62. The van der Waals surface area contributed by atoms with Gasteiger partial charge in [-0.2, -0.15) is 4.98 Å². The molecule has 4 rings (SSSR count). The summed E-state index contributed by atoms with van der Waals surface area (Å²) in [4.78, 5) is 8.48. The molecule has 7 nitrogen and oxygen atoms in total. The summed E-state index contributed by atoms with van der Waals surface area (Å²) in [6, 6.07) is 9.64. The van der Waals surface area contributed by atoms with E-state index in [0.717, 1.165) is 0 Å². The molecule has 0 saturated carbocycles. The third-order valence-electron chi connectivity index (χ3n) is 3.64. The predicted molar refractivity (Wildman–Crippen MR) is 84.6 cm³/mol. The van der Waals surface area contributed by atoms with Gasteiger partial charge in [-0.3, -0.25) is 0 Å². The van der Waals surface area contributed by atoms with E-state index in [0.29, 0.717) is 23.2 Å². The standard InChI is InChI=1S/C17H13FN4O3/c18-13-4-2-1-3-12(13)16-20-15(25-21-16)9-22-8-7-19-17(22)14-6-5-11(10-23)24-14/h1-8,23H,9-10H2. The molecule has 1 aromatic carbocycles. The molecule has 0 radical (unpaired) electrons. The Hall–Kier alpha value is -3.26. The third kappa shape index (κ3) is 2.94. The number of hydrogen-bond donors (Lipinski definition) is 1. The van der Waals surface area contributed by atoms with Crippen LogP contribution in [0.1, 0.15) is 11.7 Å². The molecule has 0 spiro atoms. The van der Waals surface area contributed by atoms with E-state index in [1.807, 2.05) is 0 Å². The zero-order valence-corrected chi connectivity index (χ0v) is 13.0. The second-order valence-electron chi connectivity index (χ2n) is 5.29. The van der Waals surface area contributed by atoms with E-state index in [2.05, 4.69) is 15.1 Å². The topological polar surface area (TPSA) is 90.1 Å². The summed E-state index contributed by atoms with van der Waals surface area (Å²) in [5.41, 5.74) is 0.280. The second-order valence-corrected chi connectivity index (χ2v) is 5.29. The smallest absolute Gasteiger partial charge is 0.246 e. The third-order valence-corrected chi connectivity index (χ3v) is 3.64. The lowest BCUT2D eigenvalue weighted by molar-refractivity contribution is 0.248.